The van der Waals surface area contributed by atoms with E-state index in [2.05, 4.69) is 4.74 Å². The average molecular weight is 296 g/mol. The second-order valence-electron chi connectivity index (χ2n) is 4.20. The van der Waals surface area contributed by atoms with Crippen LogP contribution in [0, 0.1) is 6.92 Å². The molecule has 0 saturated heterocycles. The highest BCUT2D eigenvalue weighted by Crippen LogP contribution is 2.13. The molecule has 0 saturated carbocycles. The van der Waals surface area contributed by atoms with Gasteiger partial charge in [0.15, 0.2) is 15.6 Å². The maximum Gasteiger partial charge on any atom is 0.330 e. The first kappa shape index (κ1) is 16.1. The van der Waals surface area contributed by atoms with Crippen molar-refractivity contribution in [3.63, 3.8) is 0 Å². The Morgan fingerprint density at radius 1 is 1.15 bits per heavy atom. The summed E-state index contributed by atoms with van der Waals surface area (Å²) in [6.07, 6.45) is 1.82. The second kappa shape index (κ2) is 7.00. The van der Waals surface area contributed by atoms with Crippen molar-refractivity contribution in [3.05, 3.63) is 42.0 Å². The zero-order valence-corrected chi connectivity index (χ0v) is 12.1. The van der Waals surface area contributed by atoms with Crippen LogP contribution >= 0.6 is 0 Å². The molecule has 5 nitrogen and oxygen atoms in total. The van der Waals surface area contributed by atoms with Crippen molar-refractivity contribution in [2.45, 2.75) is 18.2 Å². The molecule has 1 aromatic rings. The van der Waals surface area contributed by atoms with Crippen molar-refractivity contribution in [2.24, 2.45) is 0 Å². The van der Waals surface area contributed by atoms with Gasteiger partial charge in [-0.25, -0.2) is 13.2 Å². The molecule has 0 spiro atoms. The normalized spacial score (nSPS) is 11.5. The van der Waals surface area contributed by atoms with Crippen LogP contribution in [0.15, 0.2) is 41.3 Å². The minimum atomic E-state index is -3.49. The van der Waals surface area contributed by atoms with E-state index < -0.39 is 21.6 Å². The standard InChI is InChI=1S/C14H16O5S/c1-11-3-6-13(7-4-11)20(17,18)10-9-12(15)5-8-14(16)19-2/h3-8H,9-10H2,1-2H3/b8-5+. The summed E-state index contributed by atoms with van der Waals surface area (Å²) in [6.45, 7) is 1.86. The van der Waals surface area contributed by atoms with Crippen molar-refractivity contribution in [1.82, 2.24) is 0 Å². The molecule has 6 heteroatoms. The number of rotatable bonds is 6. The zero-order valence-electron chi connectivity index (χ0n) is 11.3. The van der Waals surface area contributed by atoms with Crippen LogP contribution in [0.4, 0.5) is 0 Å². The third-order valence-corrected chi connectivity index (χ3v) is 4.34. The number of hydrogen-bond donors (Lipinski definition) is 0. The molecule has 1 rings (SSSR count). The molecule has 0 aliphatic rings. The van der Waals surface area contributed by atoms with Crippen LogP contribution in [0.2, 0.25) is 0 Å². The van der Waals surface area contributed by atoms with Gasteiger partial charge in [-0.3, -0.25) is 4.79 Å². The second-order valence-corrected chi connectivity index (χ2v) is 6.31. The number of carbonyl (C=O) groups excluding carboxylic acids is 2. The molecule has 20 heavy (non-hydrogen) atoms. The van der Waals surface area contributed by atoms with Crippen LogP contribution in [0.1, 0.15) is 12.0 Å². The largest absolute Gasteiger partial charge is 0.466 e. The molecule has 0 bridgehead atoms. The quantitative estimate of drug-likeness (QED) is 0.586. The van der Waals surface area contributed by atoms with Crippen LogP contribution in [-0.2, 0) is 24.2 Å². The predicted molar refractivity (Wildman–Crippen MR) is 74.0 cm³/mol. The first-order chi connectivity index (χ1) is 9.35. The fourth-order valence-electron chi connectivity index (χ4n) is 1.41. The number of aryl methyl sites for hydroxylation is 1. The number of hydrogen-bond acceptors (Lipinski definition) is 5. The molecular weight excluding hydrogens is 280 g/mol. The van der Waals surface area contributed by atoms with Gasteiger partial charge in [0.2, 0.25) is 0 Å². The minimum absolute atomic E-state index is 0.177. The first-order valence-electron chi connectivity index (χ1n) is 5.93. The van der Waals surface area contributed by atoms with Gasteiger partial charge in [0, 0.05) is 12.5 Å². The Labute approximate surface area is 118 Å². The Bertz CT molecular complexity index is 611. The highest BCUT2D eigenvalue weighted by Gasteiger charge is 2.15. The SMILES string of the molecule is COC(=O)/C=C/C(=O)CCS(=O)(=O)c1ccc(C)cc1. The summed E-state index contributed by atoms with van der Waals surface area (Å²) in [5.41, 5.74) is 0.959. The van der Waals surface area contributed by atoms with Gasteiger partial charge in [-0.1, -0.05) is 17.7 Å². The third-order valence-electron chi connectivity index (χ3n) is 2.60. The topological polar surface area (TPSA) is 77.5 Å². The Morgan fingerprint density at radius 3 is 2.30 bits per heavy atom. The summed E-state index contributed by atoms with van der Waals surface area (Å²) in [7, 11) is -2.29. The van der Waals surface area contributed by atoms with Gasteiger partial charge in [-0.2, -0.15) is 0 Å². The summed E-state index contributed by atoms with van der Waals surface area (Å²) in [5, 5.41) is 0. The summed E-state index contributed by atoms with van der Waals surface area (Å²) in [5.74, 6) is -1.38. The maximum atomic E-state index is 12.0. The highest BCUT2D eigenvalue weighted by atomic mass is 32.2. The van der Waals surface area contributed by atoms with Crippen LogP contribution in [0.25, 0.3) is 0 Å². The van der Waals surface area contributed by atoms with Crippen molar-refractivity contribution in [2.75, 3.05) is 12.9 Å². The van der Waals surface area contributed by atoms with Crippen LogP contribution in [0.3, 0.4) is 0 Å². The van der Waals surface area contributed by atoms with Gasteiger partial charge in [0.25, 0.3) is 0 Å². The van der Waals surface area contributed by atoms with Gasteiger partial charge in [-0.15, -0.1) is 0 Å². The summed E-state index contributed by atoms with van der Waals surface area (Å²) in [6, 6.07) is 6.43. The lowest BCUT2D eigenvalue weighted by Crippen LogP contribution is -2.10. The van der Waals surface area contributed by atoms with Crippen molar-refractivity contribution >= 4 is 21.6 Å². The van der Waals surface area contributed by atoms with Crippen molar-refractivity contribution < 1.29 is 22.7 Å². The summed E-state index contributed by atoms with van der Waals surface area (Å²) in [4.78, 5) is 22.4. The van der Waals surface area contributed by atoms with E-state index >= 15 is 0 Å². The van der Waals surface area contributed by atoms with E-state index in [1.807, 2.05) is 6.92 Å². The average Bonchev–Trinajstić information content (AvgIpc) is 2.43. The van der Waals surface area contributed by atoms with Gasteiger partial charge >= 0.3 is 5.97 Å². The molecule has 0 heterocycles. The van der Waals surface area contributed by atoms with Crippen molar-refractivity contribution in [3.8, 4) is 0 Å². The molecule has 0 aliphatic carbocycles. The fraction of sp³-hybridized carbons (Fsp3) is 0.286. The Balaban J connectivity index is 2.64. The van der Waals surface area contributed by atoms with E-state index in [4.69, 9.17) is 0 Å². The van der Waals surface area contributed by atoms with Crippen molar-refractivity contribution in [1.29, 1.82) is 0 Å². The molecule has 108 valence electrons. The highest BCUT2D eigenvalue weighted by molar-refractivity contribution is 7.91. The van der Waals surface area contributed by atoms with E-state index in [-0.39, 0.29) is 17.1 Å². The molecule has 0 aliphatic heterocycles. The number of ketones is 1. The van der Waals surface area contributed by atoms with Crippen LogP contribution < -0.4 is 0 Å². The number of esters is 1. The summed E-state index contributed by atoms with van der Waals surface area (Å²) < 4.78 is 28.3. The number of sulfone groups is 1. The molecule has 0 unspecified atom stereocenters. The smallest absolute Gasteiger partial charge is 0.330 e. The third kappa shape index (κ3) is 4.97. The monoisotopic (exact) mass is 296 g/mol. The molecule has 0 amide bonds. The van der Waals surface area contributed by atoms with Gasteiger partial charge in [-0.05, 0) is 25.1 Å². The molecular formula is C14H16O5S. The Hall–Kier alpha value is -1.95. The van der Waals surface area contributed by atoms with E-state index in [1.54, 1.807) is 12.1 Å². The van der Waals surface area contributed by atoms with Crippen LogP contribution in [-0.4, -0.2) is 33.0 Å². The number of carbonyl (C=O) groups is 2. The molecule has 0 fully saturated rings. The summed E-state index contributed by atoms with van der Waals surface area (Å²) >= 11 is 0. The fourth-order valence-corrected chi connectivity index (χ4v) is 2.67. The molecule has 0 N–H and O–H groups in total. The molecule has 0 radical (unpaired) electrons. The van der Waals surface area contributed by atoms with E-state index in [0.29, 0.717) is 0 Å². The van der Waals surface area contributed by atoms with Gasteiger partial charge in [0.05, 0.1) is 17.8 Å². The Kier molecular flexibility index (Phi) is 5.64. The molecule has 0 aromatic heterocycles. The lowest BCUT2D eigenvalue weighted by Gasteiger charge is -2.03. The van der Waals surface area contributed by atoms with E-state index in [9.17, 15) is 18.0 Å². The van der Waals surface area contributed by atoms with E-state index in [1.165, 1.54) is 19.2 Å². The number of ether oxygens (including phenoxy) is 1. The lowest BCUT2D eigenvalue weighted by molar-refractivity contribution is -0.135. The Morgan fingerprint density at radius 2 is 1.75 bits per heavy atom. The lowest BCUT2D eigenvalue weighted by atomic mass is 10.2. The van der Waals surface area contributed by atoms with Crippen LogP contribution in [0.5, 0.6) is 0 Å². The first-order valence-corrected chi connectivity index (χ1v) is 7.58. The maximum absolute atomic E-state index is 12.0. The predicted octanol–water partition coefficient (Wildman–Crippen LogP) is 1.46. The molecule has 0 atom stereocenters. The number of benzene rings is 1. The minimum Gasteiger partial charge on any atom is -0.466 e. The van der Waals surface area contributed by atoms with E-state index in [0.717, 1.165) is 17.7 Å². The zero-order chi connectivity index (χ0) is 15.2. The van der Waals surface area contributed by atoms with Gasteiger partial charge in [0.1, 0.15) is 0 Å². The number of methoxy groups -OCH3 is 1. The van der Waals surface area contributed by atoms with Gasteiger partial charge < -0.3 is 4.74 Å². The molecule has 1 aromatic carbocycles. The number of allylic oxidation sites excluding steroid dienone is 1.